The molecule has 3 aromatic rings. The largest absolute Gasteiger partial charge is 0.411 e. The van der Waals surface area contributed by atoms with Crippen LogP contribution in [0.3, 0.4) is 0 Å². The zero-order valence-corrected chi connectivity index (χ0v) is 13.1. The fourth-order valence-corrected chi connectivity index (χ4v) is 2.88. The summed E-state index contributed by atoms with van der Waals surface area (Å²) >= 11 is 7.44. The van der Waals surface area contributed by atoms with Gasteiger partial charge in [-0.3, -0.25) is 4.68 Å². The van der Waals surface area contributed by atoms with Crippen LogP contribution in [0.25, 0.3) is 11.5 Å². The van der Waals surface area contributed by atoms with E-state index in [1.165, 1.54) is 11.8 Å². The number of nitrogens with zero attached hydrogens (tertiary/aromatic N) is 4. The van der Waals surface area contributed by atoms with Gasteiger partial charge in [0.2, 0.25) is 0 Å². The molecule has 2 heterocycles. The second kappa shape index (κ2) is 5.91. The van der Waals surface area contributed by atoms with Crippen LogP contribution in [0, 0.1) is 6.92 Å². The van der Waals surface area contributed by atoms with Crippen LogP contribution >= 0.6 is 23.4 Å². The molecule has 21 heavy (non-hydrogen) atoms. The Kier molecular flexibility index (Phi) is 3.98. The van der Waals surface area contributed by atoms with Gasteiger partial charge >= 0.3 is 0 Å². The zero-order chi connectivity index (χ0) is 14.8. The van der Waals surface area contributed by atoms with Crippen LogP contribution in [-0.2, 0) is 12.8 Å². The minimum atomic E-state index is 0.495. The van der Waals surface area contributed by atoms with Crippen molar-refractivity contribution < 1.29 is 4.42 Å². The second-order valence-corrected chi connectivity index (χ2v) is 5.96. The molecule has 7 heteroatoms. The maximum absolute atomic E-state index is 5.96. The van der Waals surface area contributed by atoms with E-state index in [1.807, 2.05) is 44.4 Å². The third kappa shape index (κ3) is 3.28. The van der Waals surface area contributed by atoms with Gasteiger partial charge in [-0.25, -0.2) is 0 Å². The van der Waals surface area contributed by atoms with Gasteiger partial charge in [0.25, 0.3) is 11.1 Å². The molecule has 0 amide bonds. The van der Waals surface area contributed by atoms with E-state index in [0.29, 0.717) is 11.1 Å². The summed E-state index contributed by atoms with van der Waals surface area (Å²) in [6.07, 6.45) is 1.87. The van der Waals surface area contributed by atoms with Crippen LogP contribution in [0.5, 0.6) is 0 Å². The monoisotopic (exact) mass is 320 g/mol. The van der Waals surface area contributed by atoms with E-state index < -0.39 is 0 Å². The number of halogens is 1. The van der Waals surface area contributed by atoms with E-state index in [4.69, 9.17) is 16.0 Å². The molecule has 0 saturated heterocycles. The Balaban J connectivity index is 1.72. The molecular formula is C14H13ClN4OS. The Bertz CT molecular complexity index is 768. The maximum atomic E-state index is 5.96. The summed E-state index contributed by atoms with van der Waals surface area (Å²) in [5.74, 6) is 1.22. The summed E-state index contributed by atoms with van der Waals surface area (Å²) in [6, 6.07) is 7.72. The first kappa shape index (κ1) is 14.2. The van der Waals surface area contributed by atoms with E-state index >= 15 is 0 Å². The van der Waals surface area contributed by atoms with Gasteiger partial charge in [-0.15, -0.1) is 10.2 Å². The molecule has 0 N–H and O–H groups in total. The number of hydrogen-bond acceptors (Lipinski definition) is 5. The standard InChI is InChI=1S/C14H13ClN4OS/c1-9-12(7-19(2)18-9)13-16-17-14(20-13)21-8-10-4-3-5-11(15)6-10/h3-7H,8H2,1-2H3. The SMILES string of the molecule is Cc1nn(C)cc1-c1nnc(SCc2cccc(Cl)c2)o1. The first-order valence-electron chi connectivity index (χ1n) is 6.33. The smallest absolute Gasteiger partial charge is 0.277 e. The third-order valence-electron chi connectivity index (χ3n) is 2.90. The molecule has 0 fully saturated rings. The molecule has 1 aromatic carbocycles. The fourth-order valence-electron chi connectivity index (χ4n) is 1.96. The number of aromatic nitrogens is 4. The second-order valence-electron chi connectivity index (χ2n) is 4.59. The fraction of sp³-hybridized carbons (Fsp3) is 0.214. The number of rotatable bonds is 4. The van der Waals surface area contributed by atoms with Crippen molar-refractivity contribution >= 4 is 23.4 Å². The number of hydrogen-bond donors (Lipinski definition) is 0. The van der Waals surface area contributed by atoms with E-state index in [-0.39, 0.29) is 0 Å². The number of benzene rings is 1. The molecule has 0 aliphatic rings. The maximum Gasteiger partial charge on any atom is 0.277 e. The van der Waals surface area contributed by atoms with Gasteiger partial charge in [-0.2, -0.15) is 5.10 Å². The van der Waals surface area contributed by atoms with Crippen LogP contribution in [0.1, 0.15) is 11.3 Å². The van der Waals surface area contributed by atoms with Crippen LogP contribution in [0.4, 0.5) is 0 Å². The van der Waals surface area contributed by atoms with Crippen LogP contribution in [0.15, 0.2) is 40.1 Å². The van der Waals surface area contributed by atoms with E-state index in [9.17, 15) is 0 Å². The number of thioether (sulfide) groups is 1. The molecule has 5 nitrogen and oxygen atoms in total. The van der Waals surface area contributed by atoms with Crippen LogP contribution in [-0.4, -0.2) is 20.0 Å². The normalized spacial score (nSPS) is 11.0. The van der Waals surface area contributed by atoms with Gasteiger partial charge in [0, 0.05) is 24.0 Å². The van der Waals surface area contributed by atoms with Crippen LogP contribution in [0.2, 0.25) is 5.02 Å². The zero-order valence-electron chi connectivity index (χ0n) is 11.6. The van der Waals surface area contributed by atoms with Gasteiger partial charge in [0.15, 0.2) is 0 Å². The summed E-state index contributed by atoms with van der Waals surface area (Å²) in [7, 11) is 1.86. The summed E-state index contributed by atoms with van der Waals surface area (Å²) < 4.78 is 7.40. The lowest BCUT2D eigenvalue weighted by atomic mass is 10.2. The van der Waals surface area contributed by atoms with Crippen molar-refractivity contribution in [1.82, 2.24) is 20.0 Å². The predicted molar refractivity (Wildman–Crippen MR) is 82.3 cm³/mol. The van der Waals surface area contributed by atoms with Crippen LogP contribution < -0.4 is 0 Å². The molecule has 0 aliphatic carbocycles. The molecule has 0 spiro atoms. The Morgan fingerprint density at radius 3 is 2.90 bits per heavy atom. The Morgan fingerprint density at radius 1 is 1.33 bits per heavy atom. The van der Waals surface area contributed by atoms with Crippen molar-refractivity contribution in [2.45, 2.75) is 17.9 Å². The molecule has 0 saturated carbocycles. The topological polar surface area (TPSA) is 56.7 Å². The first-order valence-corrected chi connectivity index (χ1v) is 7.69. The molecule has 0 atom stereocenters. The van der Waals surface area contributed by atoms with E-state index in [0.717, 1.165) is 27.6 Å². The van der Waals surface area contributed by atoms with Crippen molar-refractivity contribution in [1.29, 1.82) is 0 Å². The highest BCUT2D eigenvalue weighted by Gasteiger charge is 2.14. The van der Waals surface area contributed by atoms with Gasteiger partial charge in [-0.1, -0.05) is 35.5 Å². The predicted octanol–water partition coefficient (Wildman–Crippen LogP) is 3.72. The third-order valence-corrected chi connectivity index (χ3v) is 4.03. The van der Waals surface area contributed by atoms with Crippen molar-refractivity contribution in [3.05, 3.63) is 46.7 Å². The highest BCUT2D eigenvalue weighted by atomic mass is 35.5. The first-order chi connectivity index (χ1) is 10.1. The molecule has 0 radical (unpaired) electrons. The summed E-state index contributed by atoms with van der Waals surface area (Å²) in [5.41, 5.74) is 2.84. The molecule has 0 aliphatic heterocycles. The average molecular weight is 321 g/mol. The quantitative estimate of drug-likeness (QED) is 0.686. The van der Waals surface area contributed by atoms with E-state index in [1.54, 1.807) is 4.68 Å². The molecule has 3 rings (SSSR count). The minimum Gasteiger partial charge on any atom is -0.411 e. The van der Waals surface area contributed by atoms with Gasteiger partial charge in [0.1, 0.15) is 0 Å². The van der Waals surface area contributed by atoms with E-state index in [2.05, 4.69) is 15.3 Å². The minimum absolute atomic E-state index is 0.495. The Labute approximate surface area is 131 Å². The molecular weight excluding hydrogens is 308 g/mol. The summed E-state index contributed by atoms with van der Waals surface area (Å²) in [5, 5.41) is 13.7. The lowest BCUT2D eigenvalue weighted by Gasteiger charge is -1.98. The molecule has 0 unspecified atom stereocenters. The lowest BCUT2D eigenvalue weighted by molar-refractivity contribution is 0.465. The van der Waals surface area contributed by atoms with Gasteiger partial charge in [-0.05, 0) is 24.6 Å². The van der Waals surface area contributed by atoms with Crippen molar-refractivity contribution in [3.63, 3.8) is 0 Å². The average Bonchev–Trinajstić information content (AvgIpc) is 3.03. The van der Waals surface area contributed by atoms with Gasteiger partial charge < -0.3 is 4.42 Å². The summed E-state index contributed by atoms with van der Waals surface area (Å²) in [4.78, 5) is 0. The lowest BCUT2D eigenvalue weighted by Crippen LogP contribution is -1.86. The Morgan fingerprint density at radius 2 is 2.19 bits per heavy atom. The Hall–Kier alpha value is -1.79. The summed E-state index contributed by atoms with van der Waals surface area (Å²) in [6.45, 7) is 1.91. The molecule has 2 aromatic heterocycles. The van der Waals surface area contributed by atoms with Gasteiger partial charge in [0.05, 0.1) is 11.3 Å². The highest BCUT2D eigenvalue weighted by Crippen LogP contribution is 2.27. The molecule has 108 valence electrons. The highest BCUT2D eigenvalue weighted by molar-refractivity contribution is 7.98. The van der Waals surface area contributed by atoms with Crippen molar-refractivity contribution in [3.8, 4) is 11.5 Å². The van der Waals surface area contributed by atoms with Crippen molar-refractivity contribution in [2.24, 2.45) is 7.05 Å². The molecule has 0 bridgehead atoms. The number of aryl methyl sites for hydroxylation is 2. The van der Waals surface area contributed by atoms with Crippen molar-refractivity contribution in [2.75, 3.05) is 0 Å².